The lowest BCUT2D eigenvalue weighted by Crippen LogP contribution is -2.18. The van der Waals surface area contributed by atoms with Crippen LogP contribution in [-0.4, -0.2) is 10.1 Å². The molecule has 0 spiro atoms. The summed E-state index contributed by atoms with van der Waals surface area (Å²) in [6.45, 7) is 5.17. The van der Waals surface area contributed by atoms with E-state index in [1.165, 1.54) is 6.08 Å². The molecule has 0 aromatic carbocycles. The van der Waals surface area contributed by atoms with Crippen molar-refractivity contribution in [1.29, 1.82) is 0 Å². The lowest BCUT2D eigenvalue weighted by atomic mass is 10.0. The molecular formula is C9H11NO. The van der Waals surface area contributed by atoms with Crippen LogP contribution in [0.1, 0.15) is 12.6 Å². The average Bonchev–Trinajstić information content (AvgIpc) is 2.06. The molecule has 1 heterocycles. The van der Waals surface area contributed by atoms with Gasteiger partial charge in [-0.3, -0.25) is 4.98 Å². The number of aliphatic hydroxyl groups is 1. The molecule has 1 N–H and O–H groups in total. The third-order valence-electron chi connectivity index (χ3n) is 1.58. The minimum Gasteiger partial charge on any atom is -0.380 e. The number of rotatable bonds is 2. The molecule has 58 valence electrons. The molecule has 0 radical (unpaired) electrons. The Morgan fingerprint density at radius 1 is 1.64 bits per heavy atom. The first-order valence-corrected chi connectivity index (χ1v) is 3.44. The quantitative estimate of drug-likeness (QED) is 0.646. The molecule has 0 aliphatic heterocycles. The second kappa shape index (κ2) is 2.84. The van der Waals surface area contributed by atoms with E-state index >= 15 is 0 Å². The van der Waals surface area contributed by atoms with Gasteiger partial charge in [-0.15, -0.1) is 0 Å². The van der Waals surface area contributed by atoms with Gasteiger partial charge in [-0.05, 0) is 19.1 Å². The number of nitrogens with zero attached hydrogens (tertiary/aromatic N) is 1. The third-order valence-corrected chi connectivity index (χ3v) is 1.58. The Morgan fingerprint density at radius 2 is 2.36 bits per heavy atom. The number of hydrogen-bond acceptors (Lipinski definition) is 2. The van der Waals surface area contributed by atoms with Gasteiger partial charge in [0.05, 0.1) is 5.69 Å². The predicted molar refractivity (Wildman–Crippen MR) is 44.0 cm³/mol. The Kier molecular flexibility index (Phi) is 2.06. The van der Waals surface area contributed by atoms with E-state index in [0.717, 1.165) is 0 Å². The van der Waals surface area contributed by atoms with Crippen LogP contribution in [0.2, 0.25) is 0 Å². The van der Waals surface area contributed by atoms with Crippen LogP contribution in [0.25, 0.3) is 0 Å². The van der Waals surface area contributed by atoms with Gasteiger partial charge >= 0.3 is 0 Å². The summed E-state index contributed by atoms with van der Waals surface area (Å²) in [5.74, 6) is 0. The zero-order valence-corrected chi connectivity index (χ0v) is 6.49. The highest BCUT2D eigenvalue weighted by Gasteiger charge is 2.18. The summed E-state index contributed by atoms with van der Waals surface area (Å²) in [5.41, 5.74) is -0.392. The monoisotopic (exact) mass is 149 g/mol. The highest BCUT2D eigenvalue weighted by molar-refractivity contribution is 5.16. The molecule has 0 bridgehead atoms. The summed E-state index contributed by atoms with van der Waals surface area (Å²) in [4.78, 5) is 4.00. The predicted octanol–water partition coefficient (Wildman–Crippen LogP) is 1.48. The van der Waals surface area contributed by atoms with E-state index in [2.05, 4.69) is 11.6 Å². The molecule has 0 aliphatic rings. The number of aromatic nitrogens is 1. The first-order chi connectivity index (χ1) is 5.17. The van der Waals surface area contributed by atoms with Crippen molar-refractivity contribution < 1.29 is 5.11 Å². The fraction of sp³-hybridized carbons (Fsp3) is 0.222. The average molecular weight is 149 g/mol. The van der Waals surface area contributed by atoms with Crippen molar-refractivity contribution in [3.05, 3.63) is 42.7 Å². The molecule has 0 aliphatic carbocycles. The maximum absolute atomic E-state index is 9.61. The third kappa shape index (κ3) is 1.65. The van der Waals surface area contributed by atoms with Crippen LogP contribution in [0, 0.1) is 0 Å². The fourth-order valence-corrected chi connectivity index (χ4v) is 0.767. The van der Waals surface area contributed by atoms with Gasteiger partial charge in [-0.25, -0.2) is 0 Å². The van der Waals surface area contributed by atoms with Gasteiger partial charge in [0.15, 0.2) is 0 Å². The molecule has 1 atom stereocenters. The van der Waals surface area contributed by atoms with Crippen LogP contribution in [0.3, 0.4) is 0 Å². The van der Waals surface area contributed by atoms with Crippen molar-refractivity contribution in [2.75, 3.05) is 0 Å². The molecule has 1 aromatic heterocycles. The maximum atomic E-state index is 9.61. The minimum atomic E-state index is -1.01. The Bertz CT molecular complexity index is 241. The minimum absolute atomic E-state index is 0.620. The van der Waals surface area contributed by atoms with E-state index in [0.29, 0.717) is 5.69 Å². The Labute approximate surface area is 66.2 Å². The maximum Gasteiger partial charge on any atom is 0.121 e. The first kappa shape index (κ1) is 7.95. The van der Waals surface area contributed by atoms with Gasteiger partial charge in [-0.2, -0.15) is 0 Å². The molecular weight excluding hydrogens is 138 g/mol. The lowest BCUT2D eigenvalue weighted by Gasteiger charge is -2.16. The second-order valence-corrected chi connectivity index (χ2v) is 2.57. The van der Waals surface area contributed by atoms with Crippen LogP contribution in [-0.2, 0) is 5.60 Å². The molecule has 2 nitrogen and oxygen atoms in total. The molecule has 1 unspecified atom stereocenters. The van der Waals surface area contributed by atoms with Gasteiger partial charge in [0.1, 0.15) is 5.60 Å². The van der Waals surface area contributed by atoms with Crippen LogP contribution in [0.15, 0.2) is 37.1 Å². The van der Waals surface area contributed by atoms with E-state index in [9.17, 15) is 5.11 Å². The highest BCUT2D eigenvalue weighted by Crippen LogP contribution is 2.17. The smallest absolute Gasteiger partial charge is 0.121 e. The summed E-state index contributed by atoms with van der Waals surface area (Å²) in [6.07, 6.45) is 3.11. The molecule has 11 heavy (non-hydrogen) atoms. The number of pyridine rings is 1. The van der Waals surface area contributed by atoms with E-state index in [4.69, 9.17) is 0 Å². The van der Waals surface area contributed by atoms with Crippen LogP contribution in [0.5, 0.6) is 0 Å². The molecule has 0 saturated heterocycles. The molecule has 0 amide bonds. The van der Waals surface area contributed by atoms with Gasteiger partial charge in [0.25, 0.3) is 0 Å². The van der Waals surface area contributed by atoms with E-state index < -0.39 is 5.60 Å². The van der Waals surface area contributed by atoms with Crippen molar-refractivity contribution >= 4 is 0 Å². The Balaban J connectivity index is 3.02. The molecule has 1 aromatic rings. The summed E-state index contributed by atoms with van der Waals surface area (Å²) in [6, 6.07) is 5.41. The summed E-state index contributed by atoms with van der Waals surface area (Å²) in [5, 5.41) is 9.61. The van der Waals surface area contributed by atoms with E-state index in [1.54, 1.807) is 19.2 Å². The van der Waals surface area contributed by atoms with Crippen LogP contribution < -0.4 is 0 Å². The fourth-order valence-electron chi connectivity index (χ4n) is 0.767. The Hall–Kier alpha value is -1.15. The van der Waals surface area contributed by atoms with Gasteiger partial charge in [-0.1, -0.05) is 18.7 Å². The molecule has 0 fully saturated rings. The normalized spacial score (nSPS) is 15.5. The summed E-state index contributed by atoms with van der Waals surface area (Å²) < 4.78 is 0. The van der Waals surface area contributed by atoms with Crippen molar-refractivity contribution in [2.45, 2.75) is 12.5 Å². The zero-order valence-electron chi connectivity index (χ0n) is 6.49. The van der Waals surface area contributed by atoms with Crippen molar-refractivity contribution in [3.63, 3.8) is 0 Å². The lowest BCUT2D eigenvalue weighted by molar-refractivity contribution is 0.107. The summed E-state index contributed by atoms with van der Waals surface area (Å²) in [7, 11) is 0. The highest BCUT2D eigenvalue weighted by atomic mass is 16.3. The van der Waals surface area contributed by atoms with E-state index in [-0.39, 0.29) is 0 Å². The molecule has 1 rings (SSSR count). The molecule has 0 saturated carbocycles. The second-order valence-electron chi connectivity index (χ2n) is 2.57. The largest absolute Gasteiger partial charge is 0.380 e. The number of hydrogen-bond donors (Lipinski definition) is 1. The van der Waals surface area contributed by atoms with Gasteiger partial charge < -0.3 is 5.11 Å². The van der Waals surface area contributed by atoms with Crippen molar-refractivity contribution in [3.8, 4) is 0 Å². The Morgan fingerprint density at radius 3 is 2.82 bits per heavy atom. The van der Waals surface area contributed by atoms with Crippen molar-refractivity contribution in [2.24, 2.45) is 0 Å². The standard InChI is InChI=1S/C9H11NO/c1-3-9(2,11)8-6-4-5-7-10-8/h3-7,11H,1H2,2H3. The van der Waals surface area contributed by atoms with Crippen molar-refractivity contribution in [1.82, 2.24) is 4.98 Å². The SMILES string of the molecule is C=CC(C)(O)c1ccccn1. The topological polar surface area (TPSA) is 33.1 Å². The van der Waals surface area contributed by atoms with Gasteiger partial charge in [0.2, 0.25) is 0 Å². The van der Waals surface area contributed by atoms with Crippen LogP contribution >= 0.6 is 0 Å². The molecule has 2 heteroatoms. The van der Waals surface area contributed by atoms with Crippen LogP contribution in [0.4, 0.5) is 0 Å². The zero-order chi connectivity index (χ0) is 8.32. The van der Waals surface area contributed by atoms with Gasteiger partial charge in [0, 0.05) is 6.20 Å². The summed E-state index contributed by atoms with van der Waals surface area (Å²) >= 11 is 0. The van der Waals surface area contributed by atoms with E-state index in [1.807, 2.05) is 12.1 Å². The first-order valence-electron chi connectivity index (χ1n) is 3.44.